The van der Waals surface area contributed by atoms with E-state index in [4.69, 9.17) is 0 Å². The Morgan fingerprint density at radius 3 is 2.60 bits per heavy atom. The van der Waals surface area contributed by atoms with Crippen molar-refractivity contribution in [1.82, 2.24) is 15.1 Å². The lowest BCUT2D eigenvalue weighted by Gasteiger charge is -2.11. The molecule has 3 aromatic rings. The van der Waals surface area contributed by atoms with Crippen LogP contribution in [0.2, 0.25) is 0 Å². The molecule has 30 heavy (non-hydrogen) atoms. The molecule has 0 atom stereocenters. The Kier molecular flexibility index (Phi) is 6.94. The summed E-state index contributed by atoms with van der Waals surface area (Å²) in [5.41, 5.74) is 1.29. The van der Waals surface area contributed by atoms with E-state index in [0.29, 0.717) is 16.9 Å². The lowest BCUT2D eigenvalue weighted by molar-refractivity contribution is -0.116. The number of rotatable bonds is 7. The maximum atomic E-state index is 13.9. The SMILES string of the molecule is Cc1cnn(Cc2cc(F)ccc2F)c1NC(=O)CCNC(=O)c1ccc(Br)cc1. The molecule has 0 unspecified atom stereocenters. The number of hydrogen-bond acceptors (Lipinski definition) is 3. The van der Waals surface area contributed by atoms with Crippen LogP contribution < -0.4 is 10.6 Å². The van der Waals surface area contributed by atoms with Crippen LogP contribution in [0.1, 0.15) is 27.9 Å². The molecule has 0 radical (unpaired) electrons. The summed E-state index contributed by atoms with van der Waals surface area (Å²) in [7, 11) is 0. The van der Waals surface area contributed by atoms with Crippen molar-refractivity contribution < 1.29 is 18.4 Å². The summed E-state index contributed by atoms with van der Waals surface area (Å²) >= 11 is 3.30. The van der Waals surface area contributed by atoms with Crippen molar-refractivity contribution in [3.8, 4) is 0 Å². The molecule has 1 heterocycles. The zero-order valence-corrected chi connectivity index (χ0v) is 17.7. The van der Waals surface area contributed by atoms with Gasteiger partial charge in [-0.1, -0.05) is 15.9 Å². The quantitative estimate of drug-likeness (QED) is 0.540. The first kappa shape index (κ1) is 21.6. The topological polar surface area (TPSA) is 76.0 Å². The summed E-state index contributed by atoms with van der Waals surface area (Å²) in [5, 5.41) is 9.53. The van der Waals surface area contributed by atoms with Gasteiger partial charge in [0.15, 0.2) is 0 Å². The second kappa shape index (κ2) is 9.62. The first-order chi connectivity index (χ1) is 14.3. The molecular weight excluding hydrogens is 458 g/mol. The van der Waals surface area contributed by atoms with Crippen molar-refractivity contribution in [2.45, 2.75) is 19.9 Å². The van der Waals surface area contributed by atoms with E-state index in [1.165, 1.54) is 10.9 Å². The van der Waals surface area contributed by atoms with E-state index in [1.54, 1.807) is 31.2 Å². The van der Waals surface area contributed by atoms with E-state index < -0.39 is 11.6 Å². The average Bonchev–Trinajstić information content (AvgIpc) is 3.04. The molecule has 0 aliphatic rings. The van der Waals surface area contributed by atoms with E-state index in [1.807, 2.05) is 0 Å². The van der Waals surface area contributed by atoms with Crippen LogP contribution in [-0.2, 0) is 11.3 Å². The van der Waals surface area contributed by atoms with Crippen LogP contribution in [0.25, 0.3) is 0 Å². The standard InChI is InChI=1S/C21H19BrF2N4O2/c1-13-11-26-28(12-15-10-17(23)6-7-18(15)24)20(13)27-19(29)8-9-25-21(30)14-2-4-16(22)5-3-14/h2-7,10-11H,8-9,12H2,1H3,(H,25,30)(H,27,29). The fourth-order valence-corrected chi connectivity index (χ4v) is 3.04. The first-order valence-corrected chi connectivity index (χ1v) is 9.92. The number of aromatic nitrogens is 2. The zero-order chi connectivity index (χ0) is 21.7. The Hall–Kier alpha value is -3.07. The predicted molar refractivity (Wildman–Crippen MR) is 112 cm³/mol. The van der Waals surface area contributed by atoms with E-state index in [2.05, 4.69) is 31.7 Å². The third kappa shape index (κ3) is 5.50. The Morgan fingerprint density at radius 2 is 1.87 bits per heavy atom. The minimum Gasteiger partial charge on any atom is -0.352 e. The molecular formula is C21H19BrF2N4O2. The first-order valence-electron chi connectivity index (χ1n) is 9.13. The molecule has 2 amide bonds. The number of nitrogens with one attached hydrogen (secondary N) is 2. The Bertz CT molecular complexity index is 1070. The maximum absolute atomic E-state index is 13.9. The van der Waals surface area contributed by atoms with Crippen molar-refractivity contribution >= 4 is 33.6 Å². The monoisotopic (exact) mass is 476 g/mol. The molecule has 0 aliphatic carbocycles. The van der Waals surface area contributed by atoms with E-state index >= 15 is 0 Å². The van der Waals surface area contributed by atoms with Gasteiger partial charge in [-0.05, 0) is 49.4 Å². The van der Waals surface area contributed by atoms with Gasteiger partial charge >= 0.3 is 0 Å². The number of carbonyl (C=O) groups excluding carboxylic acids is 2. The highest BCUT2D eigenvalue weighted by Gasteiger charge is 2.14. The molecule has 0 spiro atoms. The molecule has 0 fully saturated rings. The molecule has 6 nitrogen and oxygen atoms in total. The molecule has 0 saturated heterocycles. The van der Waals surface area contributed by atoms with Crippen molar-refractivity contribution in [3.63, 3.8) is 0 Å². The molecule has 9 heteroatoms. The summed E-state index contributed by atoms with van der Waals surface area (Å²) in [4.78, 5) is 24.4. The van der Waals surface area contributed by atoms with Crippen molar-refractivity contribution in [3.05, 3.63) is 81.5 Å². The second-order valence-electron chi connectivity index (χ2n) is 6.63. The largest absolute Gasteiger partial charge is 0.352 e. The Labute approximate surface area is 180 Å². The molecule has 156 valence electrons. The Balaban J connectivity index is 1.57. The summed E-state index contributed by atoms with van der Waals surface area (Å²) in [5.74, 6) is -1.34. The highest BCUT2D eigenvalue weighted by atomic mass is 79.9. The molecule has 3 rings (SSSR count). The summed E-state index contributed by atoms with van der Waals surface area (Å²) in [6, 6.07) is 10.0. The maximum Gasteiger partial charge on any atom is 0.251 e. The number of benzene rings is 2. The average molecular weight is 477 g/mol. The number of hydrogen-bond donors (Lipinski definition) is 2. The summed E-state index contributed by atoms with van der Waals surface area (Å²) in [6.07, 6.45) is 1.57. The summed E-state index contributed by atoms with van der Waals surface area (Å²) in [6.45, 7) is 1.86. The number of carbonyl (C=O) groups is 2. The predicted octanol–water partition coefficient (Wildman–Crippen LogP) is 4.04. The van der Waals surface area contributed by atoms with Crippen molar-refractivity contribution in [2.24, 2.45) is 0 Å². The van der Waals surface area contributed by atoms with E-state index in [0.717, 1.165) is 22.7 Å². The highest BCUT2D eigenvalue weighted by Crippen LogP contribution is 2.18. The van der Waals surface area contributed by atoms with Crippen LogP contribution in [0, 0.1) is 18.6 Å². The number of nitrogens with zero attached hydrogens (tertiary/aromatic N) is 2. The van der Waals surface area contributed by atoms with Gasteiger partial charge in [0.1, 0.15) is 17.5 Å². The van der Waals surface area contributed by atoms with Crippen molar-refractivity contribution in [1.29, 1.82) is 0 Å². The van der Waals surface area contributed by atoms with Crippen molar-refractivity contribution in [2.75, 3.05) is 11.9 Å². The third-order valence-corrected chi connectivity index (χ3v) is 4.88. The van der Waals surface area contributed by atoms with Gasteiger partial charge in [-0.3, -0.25) is 9.59 Å². The van der Waals surface area contributed by atoms with E-state index in [9.17, 15) is 18.4 Å². The van der Waals surface area contributed by atoms with Crippen LogP contribution in [0.5, 0.6) is 0 Å². The van der Waals surface area contributed by atoms with Gasteiger partial charge in [0.2, 0.25) is 5.91 Å². The van der Waals surface area contributed by atoms with Gasteiger partial charge in [-0.15, -0.1) is 0 Å². The van der Waals surface area contributed by atoms with Gasteiger partial charge < -0.3 is 10.6 Å². The van der Waals surface area contributed by atoms with Crippen LogP contribution in [0.4, 0.5) is 14.6 Å². The van der Waals surface area contributed by atoms with Gasteiger partial charge in [-0.2, -0.15) is 5.10 Å². The van der Waals surface area contributed by atoms with Crippen LogP contribution in [-0.4, -0.2) is 28.1 Å². The molecule has 1 aromatic heterocycles. The number of amides is 2. The summed E-state index contributed by atoms with van der Waals surface area (Å²) < 4.78 is 29.6. The highest BCUT2D eigenvalue weighted by molar-refractivity contribution is 9.10. The number of halogens is 3. The minimum atomic E-state index is -0.558. The molecule has 0 bridgehead atoms. The van der Waals surface area contributed by atoms with Crippen LogP contribution in [0.3, 0.4) is 0 Å². The fourth-order valence-electron chi connectivity index (χ4n) is 2.78. The Morgan fingerprint density at radius 1 is 1.13 bits per heavy atom. The van der Waals surface area contributed by atoms with E-state index in [-0.39, 0.29) is 36.9 Å². The van der Waals surface area contributed by atoms with Gasteiger partial charge in [0, 0.05) is 34.1 Å². The fraction of sp³-hybridized carbons (Fsp3) is 0.190. The second-order valence-corrected chi connectivity index (χ2v) is 7.55. The minimum absolute atomic E-state index is 0.0344. The zero-order valence-electron chi connectivity index (χ0n) is 16.1. The third-order valence-electron chi connectivity index (χ3n) is 4.35. The normalized spacial score (nSPS) is 10.7. The molecule has 0 saturated carbocycles. The van der Waals surface area contributed by atoms with Crippen LogP contribution >= 0.6 is 15.9 Å². The van der Waals surface area contributed by atoms with Gasteiger partial charge in [0.05, 0.1) is 12.7 Å². The van der Waals surface area contributed by atoms with Crippen LogP contribution in [0.15, 0.2) is 53.1 Å². The lowest BCUT2D eigenvalue weighted by Crippen LogP contribution is -2.28. The number of anilines is 1. The molecule has 2 aromatic carbocycles. The molecule has 0 aliphatic heterocycles. The molecule has 2 N–H and O–H groups in total. The van der Waals surface area contributed by atoms with Gasteiger partial charge in [0.25, 0.3) is 5.91 Å². The smallest absolute Gasteiger partial charge is 0.251 e. The number of aryl methyl sites for hydroxylation is 1. The lowest BCUT2D eigenvalue weighted by atomic mass is 10.2. The van der Waals surface area contributed by atoms with Gasteiger partial charge in [-0.25, -0.2) is 13.5 Å².